The summed E-state index contributed by atoms with van der Waals surface area (Å²) in [5.74, 6) is 0.135. The number of nitrogens with zero attached hydrogens (tertiary/aromatic N) is 3. The highest BCUT2D eigenvalue weighted by atomic mass is 32.2. The van der Waals surface area contributed by atoms with Gasteiger partial charge in [-0.1, -0.05) is 24.3 Å². The van der Waals surface area contributed by atoms with Crippen molar-refractivity contribution in [3.63, 3.8) is 0 Å². The van der Waals surface area contributed by atoms with Gasteiger partial charge >= 0.3 is 6.03 Å². The molecule has 1 N–H and O–H groups in total. The Kier molecular flexibility index (Phi) is 8.11. The summed E-state index contributed by atoms with van der Waals surface area (Å²) < 4.78 is 22.2. The summed E-state index contributed by atoms with van der Waals surface area (Å²) in [5.41, 5.74) is 3.72. The molecule has 0 atom stereocenters. The first-order valence-corrected chi connectivity index (χ1v) is 14.2. The van der Waals surface area contributed by atoms with Crippen LogP contribution >= 0.6 is 11.8 Å². The zero-order chi connectivity index (χ0) is 28.2. The molecule has 9 heteroatoms. The van der Waals surface area contributed by atoms with Crippen LogP contribution in [0, 0.1) is 12.7 Å². The lowest BCUT2D eigenvalue weighted by molar-refractivity contribution is 0.0671. The minimum Gasteiger partial charge on any atom is -0.497 e. The number of hydrogen-bond donors (Lipinski definition) is 1. The van der Waals surface area contributed by atoms with Gasteiger partial charge in [0.05, 0.1) is 24.1 Å². The van der Waals surface area contributed by atoms with Crippen molar-refractivity contribution in [3.8, 4) is 22.7 Å². The van der Waals surface area contributed by atoms with Crippen molar-refractivity contribution in [1.82, 2.24) is 14.4 Å². The fourth-order valence-corrected chi connectivity index (χ4v) is 5.33. The van der Waals surface area contributed by atoms with Crippen LogP contribution in [-0.2, 0) is 0 Å². The van der Waals surface area contributed by atoms with Gasteiger partial charge in [-0.2, -0.15) is 0 Å². The number of anilines is 1. The minimum atomic E-state index is -0.382. The van der Waals surface area contributed by atoms with Gasteiger partial charge in [0.15, 0.2) is 0 Å². The summed E-state index contributed by atoms with van der Waals surface area (Å²) in [6.07, 6.45) is 2.00. The molecule has 4 aromatic rings. The highest BCUT2D eigenvalue weighted by molar-refractivity contribution is 7.98. The van der Waals surface area contributed by atoms with Crippen LogP contribution in [-0.4, -0.2) is 65.8 Å². The third kappa shape index (κ3) is 5.56. The number of thioether (sulfide) groups is 1. The number of amides is 3. The molecule has 1 aliphatic rings. The van der Waals surface area contributed by atoms with E-state index in [2.05, 4.69) is 5.32 Å². The van der Waals surface area contributed by atoms with E-state index in [4.69, 9.17) is 4.74 Å². The van der Waals surface area contributed by atoms with Crippen molar-refractivity contribution in [2.75, 3.05) is 44.9 Å². The molecule has 1 fully saturated rings. The van der Waals surface area contributed by atoms with E-state index in [1.807, 2.05) is 67.8 Å². The van der Waals surface area contributed by atoms with E-state index in [1.54, 1.807) is 51.4 Å². The van der Waals surface area contributed by atoms with Crippen LogP contribution in [0.3, 0.4) is 0 Å². The molecule has 1 saturated heterocycles. The lowest BCUT2D eigenvalue weighted by Crippen LogP contribution is -2.51. The normalized spacial score (nSPS) is 13.3. The van der Waals surface area contributed by atoms with Gasteiger partial charge in [-0.15, -0.1) is 11.8 Å². The molecule has 1 aromatic heterocycles. The van der Waals surface area contributed by atoms with Gasteiger partial charge < -0.3 is 24.4 Å². The topological polar surface area (TPSA) is 66.8 Å². The van der Waals surface area contributed by atoms with Crippen LogP contribution in [0.2, 0.25) is 0 Å². The average Bonchev–Trinajstić information content (AvgIpc) is 3.34. The summed E-state index contributed by atoms with van der Waals surface area (Å²) in [5, 5.41) is 2.93. The molecule has 0 bridgehead atoms. The quantitative estimate of drug-likeness (QED) is 0.282. The van der Waals surface area contributed by atoms with Gasteiger partial charge in [-0.3, -0.25) is 4.79 Å². The monoisotopic (exact) mass is 558 g/mol. The van der Waals surface area contributed by atoms with Crippen molar-refractivity contribution in [1.29, 1.82) is 0 Å². The van der Waals surface area contributed by atoms with Gasteiger partial charge in [-0.25, -0.2) is 9.18 Å². The largest absolute Gasteiger partial charge is 0.497 e. The molecule has 0 radical (unpaired) electrons. The number of piperazine rings is 1. The molecule has 3 amide bonds. The van der Waals surface area contributed by atoms with Crippen molar-refractivity contribution in [2.45, 2.75) is 11.8 Å². The first-order chi connectivity index (χ1) is 19.4. The van der Waals surface area contributed by atoms with Crippen LogP contribution in [0.1, 0.15) is 16.1 Å². The second-order valence-electron chi connectivity index (χ2n) is 9.49. The summed E-state index contributed by atoms with van der Waals surface area (Å²) >= 11 is 1.64. The zero-order valence-corrected chi connectivity index (χ0v) is 23.5. The molecular weight excluding hydrogens is 527 g/mol. The molecule has 7 nitrogen and oxygen atoms in total. The molecule has 3 aromatic carbocycles. The lowest BCUT2D eigenvalue weighted by atomic mass is 10.1. The number of carbonyl (C=O) groups excluding carboxylic acids is 2. The fourth-order valence-electron chi connectivity index (χ4n) is 4.92. The van der Waals surface area contributed by atoms with Crippen LogP contribution in [0.15, 0.2) is 83.8 Å². The van der Waals surface area contributed by atoms with Crippen LogP contribution in [0.5, 0.6) is 5.75 Å². The van der Waals surface area contributed by atoms with Crippen molar-refractivity contribution in [2.24, 2.45) is 0 Å². The first kappa shape index (κ1) is 27.3. The predicted octanol–water partition coefficient (Wildman–Crippen LogP) is 6.31. The highest BCUT2D eigenvalue weighted by Gasteiger charge is 2.28. The number of carbonyl (C=O) groups is 2. The number of nitrogens with one attached hydrogen (secondary N) is 1. The first-order valence-electron chi connectivity index (χ1n) is 13.0. The van der Waals surface area contributed by atoms with Crippen molar-refractivity contribution < 1.29 is 18.7 Å². The van der Waals surface area contributed by atoms with E-state index in [9.17, 15) is 14.0 Å². The second kappa shape index (κ2) is 11.9. The number of methoxy groups -OCH3 is 1. The maximum atomic E-state index is 15.0. The van der Waals surface area contributed by atoms with E-state index in [-0.39, 0.29) is 17.8 Å². The van der Waals surface area contributed by atoms with E-state index in [0.717, 1.165) is 16.1 Å². The van der Waals surface area contributed by atoms with Crippen molar-refractivity contribution in [3.05, 3.63) is 95.9 Å². The number of para-hydroxylation sites is 1. The third-order valence-corrected chi connectivity index (χ3v) is 7.88. The second-order valence-corrected chi connectivity index (χ2v) is 10.4. The number of benzene rings is 3. The number of halogens is 1. The van der Waals surface area contributed by atoms with E-state index in [1.165, 1.54) is 6.07 Å². The van der Waals surface area contributed by atoms with Crippen LogP contribution in [0.4, 0.5) is 14.9 Å². The molecule has 1 aliphatic heterocycles. The fraction of sp³-hybridized carbons (Fsp3) is 0.226. The summed E-state index contributed by atoms with van der Waals surface area (Å²) in [7, 11) is 1.59. The Bertz CT molecular complexity index is 1530. The molecule has 5 rings (SSSR count). The molecule has 2 heterocycles. The van der Waals surface area contributed by atoms with Gasteiger partial charge in [0.2, 0.25) is 0 Å². The predicted molar refractivity (Wildman–Crippen MR) is 157 cm³/mol. The number of aromatic nitrogens is 1. The summed E-state index contributed by atoms with van der Waals surface area (Å²) in [6.45, 7) is 3.45. The standard InChI is InChI=1S/C31H31FN4O3S/c1-21-26(20-29(22-7-6-8-24(19-22)39-2)36(21)28-10-5-4-9-27(28)32)30(37)34-15-17-35(18-16-34)31(38)33-23-11-13-25(40-3)14-12-23/h4-14,19-20H,15-18H2,1-3H3,(H,33,38). The Labute approximate surface area is 237 Å². The van der Waals surface area contributed by atoms with E-state index < -0.39 is 0 Å². The Morgan fingerprint density at radius 3 is 2.27 bits per heavy atom. The SMILES string of the molecule is COc1cccc(-c2cc(C(=O)N3CCN(C(=O)Nc4ccc(SC)cc4)CC3)c(C)n2-c2ccccc2F)c1. The molecule has 40 heavy (non-hydrogen) atoms. The van der Waals surface area contributed by atoms with Crippen LogP contribution in [0.25, 0.3) is 16.9 Å². The Morgan fingerprint density at radius 1 is 0.900 bits per heavy atom. The van der Waals surface area contributed by atoms with Gasteiger partial charge in [0, 0.05) is 48.0 Å². The molecule has 0 saturated carbocycles. The van der Waals surface area contributed by atoms with Crippen molar-refractivity contribution >= 4 is 29.4 Å². The number of hydrogen-bond acceptors (Lipinski definition) is 4. The smallest absolute Gasteiger partial charge is 0.321 e. The maximum absolute atomic E-state index is 15.0. The van der Waals surface area contributed by atoms with Gasteiger partial charge in [-0.05, 0) is 67.8 Å². The number of urea groups is 1. The molecule has 0 aliphatic carbocycles. The number of rotatable bonds is 6. The molecule has 0 spiro atoms. The molecule has 206 valence electrons. The number of ether oxygens (including phenoxy) is 1. The maximum Gasteiger partial charge on any atom is 0.321 e. The van der Waals surface area contributed by atoms with E-state index >= 15 is 0 Å². The van der Waals surface area contributed by atoms with Gasteiger partial charge in [0.1, 0.15) is 11.6 Å². The summed E-state index contributed by atoms with van der Waals surface area (Å²) in [4.78, 5) is 31.2. The average molecular weight is 559 g/mol. The Balaban J connectivity index is 1.37. The minimum absolute atomic E-state index is 0.149. The Morgan fingerprint density at radius 2 is 1.60 bits per heavy atom. The highest BCUT2D eigenvalue weighted by Crippen LogP contribution is 2.33. The zero-order valence-electron chi connectivity index (χ0n) is 22.7. The summed E-state index contributed by atoms with van der Waals surface area (Å²) in [6, 6.07) is 23.3. The molecular formula is C31H31FN4O3S. The van der Waals surface area contributed by atoms with Gasteiger partial charge in [0.25, 0.3) is 5.91 Å². The lowest BCUT2D eigenvalue weighted by Gasteiger charge is -2.34. The van der Waals surface area contributed by atoms with E-state index in [0.29, 0.717) is 54.6 Å². The molecule has 0 unspecified atom stereocenters. The third-order valence-electron chi connectivity index (χ3n) is 7.13. The Hall–Kier alpha value is -4.24. The van der Waals surface area contributed by atoms with Crippen LogP contribution < -0.4 is 10.1 Å².